The zero-order valence-corrected chi connectivity index (χ0v) is 16.9. The summed E-state index contributed by atoms with van der Waals surface area (Å²) in [6, 6.07) is 2.03. The molecule has 0 radical (unpaired) electrons. The Morgan fingerprint density at radius 3 is 2.90 bits per heavy atom. The summed E-state index contributed by atoms with van der Waals surface area (Å²) in [4.78, 5) is 31.3. The van der Waals surface area contributed by atoms with Gasteiger partial charge in [0.15, 0.2) is 5.69 Å². The smallest absolute Gasteiger partial charge is 0.273 e. The van der Waals surface area contributed by atoms with Gasteiger partial charge >= 0.3 is 0 Å². The van der Waals surface area contributed by atoms with E-state index < -0.39 is 0 Å². The first-order chi connectivity index (χ1) is 14.1. The van der Waals surface area contributed by atoms with Gasteiger partial charge in [-0.15, -0.1) is 5.10 Å². The van der Waals surface area contributed by atoms with Crippen molar-refractivity contribution < 1.29 is 9.59 Å². The second kappa shape index (κ2) is 8.71. The van der Waals surface area contributed by atoms with Gasteiger partial charge in [0, 0.05) is 38.1 Å². The molecule has 154 valence electrons. The quantitative estimate of drug-likeness (QED) is 0.774. The van der Waals surface area contributed by atoms with Crippen molar-refractivity contribution in [2.45, 2.75) is 58.0 Å². The molecule has 1 aliphatic heterocycles. The van der Waals surface area contributed by atoms with Gasteiger partial charge in [-0.2, -0.15) is 0 Å². The number of pyridine rings is 1. The number of aryl methyl sites for hydroxylation is 2. The van der Waals surface area contributed by atoms with E-state index in [2.05, 4.69) is 20.6 Å². The Bertz CT molecular complexity index is 876. The molecule has 8 nitrogen and oxygen atoms in total. The number of hydrogen-bond acceptors (Lipinski definition) is 5. The van der Waals surface area contributed by atoms with Gasteiger partial charge in [-0.3, -0.25) is 19.3 Å². The third-order valence-corrected chi connectivity index (χ3v) is 5.87. The van der Waals surface area contributed by atoms with Gasteiger partial charge in [0.25, 0.3) is 11.8 Å². The Balaban J connectivity index is 1.35. The molecule has 1 saturated heterocycles. The van der Waals surface area contributed by atoms with E-state index in [-0.39, 0.29) is 17.9 Å². The number of carbonyl (C=O) groups excluding carboxylic acids is 2. The van der Waals surface area contributed by atoms with E-state index in [1.54, 1.807) is 23.3 Å². The predicted octanol–water partition coefficient (Wildman–Crippen LogP) is 2.21. The third-order valence-electron chi connectivity index (χ3n) is 5.87. The summed E-state index contributed by atoms with van der Waals surface area (Å²) in [5, 5.41) is 11.0. The van der Waals surface area contributed by atoms with Crippen LogP contribution in [-0.4, -0.2) is 55.8 Å². The molecule has 2 fully saturated rings. The lowest BCUT2D eigenvalue weighted by Gasteiger charge is -2.36. The second-order valence-corrected chi connectivity index (χ2v) is 8.15. The minimum Gasteiger partial charge on any atom is -0.350 e. The van der Waals surface area contributed by atoms with Crippen LogP contribution in [0.2, 0.25) is 0 Å². The zero-order valence-electron chi connectivity index (χ0n) is 16.9. The molecule has 3 heterocycles. The van der Waals surface area contributed by atoms with E-state index in [1.807, 2.05) is 17.9 Å². The lowest BCUT2D eigenvalue weighted by atomic mass is 9.97. The number of carbonyl (C=O) groups is 2. The number of amides is 2. The highest BCUT2D eigenvalue weighted by molar-refractivity contribution is 5.95. The third kappa shape index (κ3) is 4.81. The van der Waals surface area contributed by atoms with Gasteiger partial charge in [0.1, 0.15) is 0 Å². The van der Waals surface area contributed by atoms with Crippen LogP contribution in [0.1, 0.15) is 64.9 Å². The number of likely N-dealkylation sites (tertiary alicyclic amines) is 1. The van der Waals surface area contributed by atoms with E-state index in [0.717, 1.165) is 44.3 Å². The van der Waals surface area contributed by atoms with Crippen LogP contribution < -0.4 is 5.32 Å². The van der Waals surface area contributed by atoms with Crippen molar-refractivity contribution in [3.63, 3.8) is 0 Å². The molecule has 29 heavy (non-hydrogen) atoms. The lowest BCUT2D eigenvalue weighted by Crippen LogP contribution is -2.44. The molecule has 1 aliphatic carbocycles. The van der Waals surface area contributed by atoms with Gasteiger partial charge in [-0.1, -0.05) is 5.21 Å². The van der Waals surface area contributed by atoms with E-state index in [4.69, 9.17) is 0 Å². The molecule has 2 aliphatic rings. The summed E-state index contributed by atoms with van der Waals surface area (Å²) < 4.78 is 1.71. The number of piperidine rings is 1. The fourth-order valence-electron chi connectivity index (χ4n) is 3.85. The first-order valence-corrected chi connectivity index (χ1v) is 10.5. The molecular weight excluding hydrogens is 368 g/mol. The molecule has 1 unspecified atom stereocenters. The monoisotopic (exact) mass is 396 g/mol. The van der Waals surface area contributed by atoms with E-state index >= 15 is 0 Å². The first-order valence-electron chi connectivity index (χ1n) is 10.5. The minimum atomic E-state index is -0.162. The van der Waals surface area contributed by atoms with Gasteiger partial charge in [0.2, 0.25) is 0 Å². The highest BCUT2D eigenvalue weighted by Gasteiger charge is 2.28. The number of aromatic nitrogens is 4. The highest BCUT2D eigenvalue weighted by Crippen LogP contribution is 2.27. The standard InChI is InChI=1S/C21H28N6O2/c1-15-7-9-22-13-18(15)21(29)27-10-3-2-4-17(27)8-11-26-14-19(24-25-26)20(28)23-12-16-5-6-16/h7,9,13-14,16-17H,2-6,8,10-12H2,1H3,(H,23,28). The zero-order chi connectivity index (χ0) is 20.2. The maximum atomic E-state index is 13.1. The molecule has 0 aromatic carbocycles. The van der Waals surface area contributed by atoms with Crippen LogP contribution in [-0.2, 0) is 6.54 Å². The molecule has 1 atom stereocenters. The van der Waals surface area contributed by atoms with Gasteiger partial charge < -0.3 is 10.2 Å². The van der Waals surface area contributed by atoms with Gasteiger partial charge in [0.05, 0.1) is 11.8 Å². The summed E-state index contributed by atoms with van der Waals surface area (Å²) in [6.07, 6.45) is 11.4. The van der Waals surface area contributed by atoms with Crippen LogP contribution in [0.15, 0.2) is 24.7 Å². The van der Waals surface area contributed by atoms with Crippen molar-refractivity contribution >= 4 is 11.8 Å². The molecule has 0 bridgehead atoms. The number of rotatable bonds is 7. The van der Waals surface area contributed by atoms with Crippen molar-refractivity contribution in [1.29, 1.82) is 0 Å². The van der Waals surface area contributed by atoms with Crippen LogP contribution in [0.3, 0.4) is 0 Å². The van der Waals surface area contributed by atoms with E-state index in [1.165, 1.54) is 12.8 Å². The summed E-state index contributed by atoms with van der Waals surface area (Å²) in [5.74, 6) is 0.524. The topological polar surface area (TPSA) is 93.0 Å². The Labute approximate surface area is 170 Å². The Morgan fingerprint density at radius 2 is 2.10 bits per heavy atom. The Hall–Kier alpha value is -2.77. The average molecular weight is 396 g/mol. The summed E-state index contributed by atoms with van der Waals surface area (Å²) in [6.45, 7) is 4.06. The van der Waals surface area contributed by atoms with Crippen LogP contribution in [0.5, 0.6) is 0 Å². The molecular formula is C21H28N6O2. The molecule has 2 aromatic heterocycles. The minimum absolute atomic E-state index is 0.0547. The summed E-state index contributed by atoms with van der Waals surface area (Å²) >= 11 is 0. The number of nitrogens with zero attached hydrogens (tertiary/aromatic N) is 5. The lowest BCUT2D eigenvalue weighted by molar-refractivity contribution is 0.0592. The van der Waals surface area contributed by atoms with Crippen molar-refractivity contribution in [2.24, 2.45) is 5.92 Å². The molecule has 8 heteroatoms. The van der Waals surface area contributed by atoms with Crippen molar-refractivity contribution in [2.75, 3.05) is 13.1 Å². The molecule has 2 aromatic rings. The first kappa shape index (κ1) is 19.5. The molecule has 1 N–H and O–H groups in total. The maximum Gasteiger partial charge on any atom is 0.273 e. The van der Waals surface area contributed by atoms with E-state index in [0.29, 0.717) is 23.7 Å². The second-order valence-electron chi connectivity index (χ2n) is 8.15. The number of nitrogens with one attached hydrogen (secondary N) is 1. The fourth-order valence-corrected chi connectivity index (χ4v) is 3.85. The van der Waals surface area contributed by atoms with Crippen LogP contribution >= 0.6 is 0 Å². The van der Waals surface area contributed by atoms with Crippen molar-refractivity contribution in [3.05, 3.63) is 41.5 Å². The summed E-state index contributed by atoms with van der Waals surface area (Å²) in [7, 11) is 0. The van der Waals surface area contributed by atoms with Gasteiger partial charge in [-0.05, 0) is 63.0 Å². The molecule has 4 rings (SSSR count). The summed E-state index contributed by atoms with van der Waals surface area (Å²) in [5.41, 5.74) is 1.98. The van der Waals surface area contributed by atoms with Crippen molar-refractivity contribution in [3.8, 4) is 0 Å². The number of hydrogen-bond donors (Lipinski definition) is 1. The van der Waals surface area contributed by atoms with Crippen LogP contribution in [0.25, 0.3) is 0 Å². The molecule has 1 saturated carbocycles. The van der Waals surface area contributed by atoms with Crippen LogP contribution in [0.4, 0.5) is 0 Å². The highest BCUT2D eigenvalue weighted by atomic mass is 16.2. The van der Waals surface area contributed by atoms with Gasteiger partial charge in [-0.25, -0.2) is 0 Å². The fraction of sp³-hybridized carbons (Fsp3) is 0.571. The molecule has 0 spiro atoms. The van der Waals surface area contributed by atoms with E-state index in [9.17, 15) is 9.59 Å². The average Bonchev–Trinajstić information content (AvgIpc) is 3.45. The Kier molecular flexibility index (Phi) is 5.87. The predicted molar refractivity (Wildman–Crippen MR) is 107 cm³/mol. The normalized spacial score (nSPS) is 19.2. The van der Waals surface area contributed by atoms with Crippen LogP contribution in [0, 0.1) is 12.8 Å². The Morgan fingerprint density at radius 1 is 1.24 bits per heavy atom. The largest absolute Gasteiger partial charge is 0.350 e. The maximum absolute atomic E-state index is 13.1. The molecule has 2 amide bonds. The van der Waals surface area contributed by atoms with Crippen molar-refractivity contribution in [1.82, 2.24) is 30.2 Å². The SMILES string of the molecule is Cc1ccncc1C(=O)N1CCCCC1CCn1cc(C(=O)NCC2CC2)nn1.